The molecule has 27 heavy (non-hydrogen) atoms. The van der Waals surface area contributed by atoms with E-state index in [1.165, 1.54) is 23.3 Å². The molecule has 3 aromatic rings. The Morgan fingerprint density at radius 3 is 1.96 bits per heavy atom. The van der Waals surface area contributed by atoms with Crippen LogP contribution in [-0.2, 0) is 12.0 Å². The molecule has 1 saturated heterocycles. The summed E-state index contributed by atoms with van der Waals surface area (Å²) in [5.41, 5.74) is 3.56. The van der Waals surface area contributed by atoms with Crippen molar-refractivity contribution in [1.29, 1.82) is 0 Å². The van der Waals surface area contributed by atoms with Crippen molar-refractivity contribution in [2.75, 3.05) is 13.1 Å². The Hall–Kier alpha value is -2.16. The monoisotopic (exact) mass is 379 g/mol. The summed E-state index contributed by atoms with van der Waals surface area (Å²) in [6.45, 7) is 2.49. The molecule has 0 aliphatic carbocycles. The highest BCUT2D eigenvalue weighted by atomic mass is 35.5. The van der Waals surface area contributed by atoms with Gasteiger partial charge < -0.3 is 0 Å². The Morgan fingerprint density at radius 2 is 1.41 bits per heavy atom. The van der Waals surface area contributed by atoms with E-state index in [1.54, 1.807) is 0 Å². The maximum Gasteiger partial charge on any atom is 0.123 e. The van der Waals surface area contributed by atoms with Crippen LogP contribution in [0.15, 0.2) is 84.9 Å². The Bertz CT molecular complexity index is 824. The highest BCUT2D eigenvalue weighted by Crippen LogP contribution is 2.42. The number of likely N-dealkylation sites (tertiary alicyclic amines) is 1. The summed E-state index contributed by atoms with van der Waals surface area (Å²) >= 11 is 6.79. The second-order valence-electron chi connectivity index (χ2n) is 7.41. The van der Waals surface area contributed by atoms with Crippen molar-refractivity contribution in [3.05, 3.63) is 107 Å². The van der Waals surface area contributed by atoms with Crippen molar-refractivity contribution < 1.29 is 4.39 Å². The fourth-order valence-corrected chi connectivity index (χ4v) is 4.76. The van der Waals surface area contributed by atoms with Gasteiger partial charge in [0.1, 0.15) is 5.82 Å². The number of piperidine rings is 1. The zero-order chi connectivity index (χ0) is 18.7. The van der Waals surface area contributed by atoms with Crippen molar-refractivity contribution in [2.45, 2.75) is 23.8 Å². The fourth-order valence-electron chi connectivity index (χ4n) is 4.30. The number of benzene rings is 3. The molecule has 1 atom stereocenters. The van der Waals surface area contributed by atoms with Crippen molar-refractivity contribution in [3.8, 4) is 0 Å². The summed E-state index contributed by atoms with van der Waals surface area (Å²) in [6, 6.07) is 28.1. The minimum absolute atomic E-state index is 0.0552. The predicted molar refractivity (Wildman–Crippen MR) is 110 cm³/mol. The van der Waals surface area contributed by atoms with E-state index in [9.17, 15) is 4.39 Å². The zero-order valence-electron chi connectivity index (χ0n) is 15.2. The quantitative estimate of drug-likeness (QED) is 0.531. The minimum atomic E-state index is -0.199. The van der Waals surface area contributed by atoms with Gasteiger partial charge in [-0.05, 0) is 35.2 Å². The van der Waals surface area contributed by atoms with Gasteiger partial charge in [0.25, 0.3) is 0 Å². The van der Waals surface area contributed by atoms with Gasteiger partial charge in [0, 0.05) is 30.4 Å². The smallest absolute Gasteiger partial charge is 0.123 e. The Kier molecular flexibility index (Phi) is 5.29. The van der Waals surface area contributed by atoms with Gasteiger partial charge in [0.15, 0.2) is 0 Å². The first-order valence-electron chi connectivity index (χ1n) is 9.38. The molecule has 1 unspecified atom stereocenters. The lowest BCUT2D eigenvalue weighted by molar-refractivity contribution is 0.164. The van der Waals surface area contributed by atoms with E-state index in [0.717, 1.165) is 31.6 Å². The fraction of sp³-hybridized carbons (Fsp3) is 0.250. The van der Waals surface area contributed by atoms with Gasteiger partial charge in [-0.25, -0.2) is 4.39 Å². The van der Waals surface area contributed by atoms with Crippen LogP contribution < -0.4 is 0 Å². The number of halogens is 2. The van der Waals surface area contributed by atoms with E-state index in [1.807, 2.05) is 12.1 Å². The maximum absolute atomic E-state index is 13.3. The molecular weight excluding hydrogens is 357 g/mol. The Morgan fingerprint density at radius 1 is 0.852 bits per heavy atom. The average Bonchev–Trinajstić information content (AvgIpc) is 2.70. The summed E-state index contributed by atoms with van der Waals surface area (Å²) in [6.07, 6.45) is 0.905. The van der Waals surface area contributed by atoms with Gasteiger partial charge in [-0.15, -0.1) is 11.6 Å². The molecule has 0 spiro atoms. The molecule has 1 aliphatic rings. The first kappa shape index (κ1) is 18.2. The number of hydrogen-bond acceptors (Lipinski definition) is 1. The summed E-state index contributed by atoms with van der Waals surface area (Å²) in [5, 5.41) is 0.0552. The summed E-state index contributed by atoms with van der Waals surface area (Å²) in [4.78, 5) is 2.40. The highest BCUT2D eigenvalue weighted by Gasteiger charge is 2.41. The van der Waals surface area contributed by atoms with Gasteiger partial charge in [-0.2, -0.15) is 0 Å². The van der Waals surface area contributed by atoms with Gasteiger partial charge in [-0.1, -0.05) is 72.8 Å². The topological polar surface area (TPSA) is 3.24 Å². The van der Waals surface area contributed by atoms with Gasteiger partial charge >= 0.3 is 0 Å². The number of nitrogens with zero attached hydrogens (tertiary/aromatic N) is 1. The molecule has 1 heterocycles. The molecule has 0 radical (unpaired) electrons. The van der Waals surface area contributed by atoms with E-state index < -0.39 is 0 Å². The lowest BCUT2D eigenvalue weighted by Gasteiger charge is -2.46. The van der Waals surface area contributed by atoms with Crippen LogP contribution in [0.4, 0.5) is 4.39 Å². The number of rotatable bonds is 4. The molecule has 0 N–H and O–H groups in total. The van der Waals surface area contributed by atoms with Gasteiger partial charge in [0.2, 0.25) is 0 Å². The summed E-state index contributed by atoms with van der Waals surface area (Å²) in [7, 11) is 0. The lowest BCUT2D eigenvalue weighted by atomic mass is 9.69. The molecule has 0 amide bonds. The zero-order valence-corrected chi connectivity index (χ0v) is 15.9. The van der Waals surface area contributed by atoms with Gasteiger partial charge in [-0.3, -0.25) is 4.90 Å². The molecular formula is C24H23ClFN. The maximum atomic E-state index is 13.3. The second kappa shape index (κ2) is 7.84. The normalized spacial score (nSPS) is 19.7. The third-order valence-electron chi connectivity index (χ3n) is 5.49. The molecule has 0 saturated carbocycles. The third kappa shape index (κ3) is 3.92. The standard InChI is InChI=1S/C24H23ClFN/c25-22-15-24(20-7-3-1-4-8-20,21-9-5-2-6-10-21)18-27(17-22)16-19-11-13-23(26)14-12-19/h1-14,22H,15-18H2. The lowest BCUT2D eigenvalue weighted by Crippen LogP contribution is -2.50. The minimum Gasteiger partial charge on any atom is -0.296 e. The molecule has 0 bridgehead atoms. The molecule has 3 aromatic carbocycles. The van der Waals surface area contributed by atoms with Crippen LogP contribution in [0, 0.1) is 5.82 Å². The third-order valence-corrected chi connectivity index (χ3v) is 5.78. The van der Waals surface area contributed by atoms with E-state index in [2.05, 4.69) is 65.6 Å². The van der Waals surface area contributed by atoms with Crippen LogP contribution in [0.1, 0.15) is 23.1 Å². The van der Waals surface area contributed by atoms with E-state index in [4.69, 9.17) is 11.6 Å². The van der Waals surface area contributed by atoms with Crippen molar-refractivity contribution >= 4 is 11.6 Å². The number of alkyl halides is 1. The van der Waals surface area contributed by atoms with Crippen LogP contribution in [0.5, 0.6) is 0 Å². The summed E-state index contributed by atoms with van der Waals surface area (Å²) < 4.78 is 13.3. The Labute approximate surface area is 165 Å². The average molecular weight is 380 g/mol. The molecule has 4 rings (SSSR count). The van der Waals surface area contributed by atoms with Crippen LogP contribution in [0.3, 0.4) is 0 Å². The van der Waals surface area contributed by atoms with Crippen LogP contribution in [0.2, 0.25) is 0 Å². The van der Waals surface area contributed by atoms with Crippen molar-refractivity contribution in [1.82, 2.24) is 4.90 Å². The molecule has 1 aliphatic heterocycles. The largest absolute Gasteiger partial charge is 0.296 e. The molecule has 1 nitrogen and oxygen atoms in total. The first-order chi connectivity index (χ1) is 13.2. The molecule has 138 valence electrons. The molecule has 0 aromatic heterocycles. The van der Waals surface area contributed by atoms with Crippen molar-refractivity contribution in [2.24, 2.45) is 0 Å². The van der Waals surface area contributed by atoms with E-state index in [-0.39, 0.29) is 16.6 Å². The Balaban J connectivity index is 1.71. The second-order valence-corrected chi connectivity index (χ2v) is 8.03. The van der Waals surface area contributed by atoms with Gasteiger partial charge in [0.05, 0.1) is 0 Å². The number of hydrogen-bond donors (Lipinski definition) is 0. The summed E-state index contributed by atoms with van der Waals surface area (Å²) in [5.74, 6) is -0.199. The molecule has 1 fully saturated rings. The predicted octanol–water partition coefficient (Wildman–Crippen LogP) is 5.63. The van der Waals surface area contributed by atoms with E-state index >= 15 is 0 Å². The SMILES string of the molecule is Fc1ccc(CN2CC(Cl)CC(c3ccccc3)(c3ccccc3)C2)cc1. The van der Waals surface area contributed by atoms with Crippen molar-refractivity contribution in [3.63, 3.8) is 0 Å². The molecule has 3 heteroatoms. The highest BCUT2D eigenvalue weighted by molar-refractivity contribution is 6.21. The van der Waals surface area contributed by atoms with E-state index in [0.29, 0.717) is 0 Å². The van der Waals surface area contributed by atoms with Crippen LogP contribution in [0.25, 0.3) is 0 Å². The van der Waals surface area contributed by atoms with Crippen LogP contribution >= 0.6 is 11.6 Å². The first-order valence-corrected chi connectivity index (χ1v) is 9.81. The van der Waals surface area contributed by atoms with Crippen LogP contribution in [-0.4, -0.2) is 23.4 Å².